The third kappa shape index (κ3) is 5.29. The number of amides is 1. The van der Waals surface area contributed by atoms with Gasteiger partial charge in [-0.3, -0.25) is 9.48 Å². The molecule has 0 fully saturated rings. The molecule has 5 nitrogen and oxygen atoms in total. The van der Waals surface area contributed by atoms with Gasteiger partial charge in [0.2, 0.25) is 0 Å². The molecular formula is C21H24FN3O2. The average Bonchev–Trinajstić information content (AvgIpc) is 3.35. The molecule has 0 radical (unpaired) electrons. The zero-order valence-corrected chi connectivity index (χ0v) is 15.5. The Bertz CT molecular complexity index is 841. The molecule has 0 N–H and O–H groups in total. The molecule has 2 heterocycles. The summed E-state index contributed by atoms with van der Waals surface area (Å²) in [5.74, 6) is 0.562. The van der Waals surface area contributed by atoms with Gasteiger partial charge in [-0.25, -0.2) is 4.39 Å². The maximum absolute atomic E-state index is 13.2. The highest BCUT2D eigenvalue weighted by Gasteiger charge is 2.19. The largest absolute Gasteiger partial charge is 0.454 e. The highest BCUT2D eigenvalue weighted by molar-refractivity contribution is 5.91. The lowest BCUT2D eigenvalue weighted by Crippen LogP contribution is -2.31. The molecule has 27 heavy (non-hydrogen) atoms. The average molecular weight is 369 g/mol. The number of benzene rings is 1. The molecule has 0 unspecified atom stereocenters. The lowest BCUT2D eigenvalue weighted by molar-refractivity contribution is 0.0705. The van der Waals surface area contributed by atoms with Gasteiger partial charge in [-0.05, 0) is 42.3 Å². The molecule has 0 saturated carbocycles. The van der Waals surface area contributed by atoms with Crippen molar-refractivity contribution in [3.63, 3.8) is 0 Å². The van der Waals surface area contributed by atoms with E-state index >= 15 is 0 Å². The molecule has 0 saturated heterocycles. The van der Waals surface area contributed by atoms with Gasteiger partial charge in [0.05, 0.1) is 6.54 Å². The predicted molar refractivity (Wildman–Crippen MR) is 101 cm³/mol. The standard InChI is InChI=1S/C21H24FN3O2/c1-2-3-4-13-24(15-17-6-8-18(22)9-7-17)21(26)20-11-10-19(27-20)16-25-14-5-12-23-25/h5-12,14H,2-4,13,15-16H2,1H3. The minimum absolute atomic E-state index is 0.151. The van der Waals surface area contributed by atoms with Crippen LogP contribution in [0.2, 0.25) is 0 Å². The fourth-order valence-corrected chi connectivity index (χ4v) is 2.90. The van der Waals surface area contributed by atoms with Crippen molar-refractivity contribution in [2.24, 2.45) is 0 Å². The van der Waals surface area contributed by atoms with Gasteiger partial charge >= 0.3 is 0 Å². The summed E-state index contributed by atoms with van der Waals surface area (Å²) < 4.78 is 20.6. The number of furan rings is 1. The molecule has 0 aliphatic heterocycles. The van der Waals surface area contributed by atoms with Crippen LogP contribution in [0.1, 0.15) is 48.1 Å². The summed E-state index contributed by atoms with van der Waals surface area (Å²) in [6.45, 7) is 3.67. The minimum atomic E-state index is -0.281. The molecule has 1 amide bonds. The quantitative estimate of drug-likeness (QED) is 0.522. The number of hydrogen-bond donors (Lipinski definition) is 0. The van der Waals surface area contributed by atoms with Gasteiger partial charge in [0, 0.05) is 25.5 Å². The SMILES string of the molecule is CCCCCN(Cc1ccc(F)cc1)C(=O)c1ccc(Cn2cccn2)o1. The number of nitrogens with zero attached hydrogens (tertiary/aromatic N) is 3. The summed E-state index contributed by atoms with van der Waals surface area (Å²) in [6, 6.07) is 11.6. The first-order chi connectivity index (χ1) is 13.2. The second-order valence-electron chi connectivity index (χ2n) is 6.53. The van der Waals surface area contributed by atoms with Gasteiger partial charge in [0.15, 0.2) is 5.76 Å². The van der Waals surface area contributed by atoms with Gasteiger partial charge in [0.1, 0.15) is 11.6 Å². The van der Waals surface area contributed by atoms with E-state index in [2.05, 4.69) is 12.0 Å². The Morgan fingerprint density at radius 3 is 2.70 bits per heavy atom. The Labute approximate surface area is 158 Å². The molecule has 3 aromatic rings. The highest BCUT2D eigenvalue weighted by atomic mass is 19.1. The highest BCUT2D eigenvalue weighted by Crippen LogP contribution is 2.16. The molecule has 0 aliphatic rings. The topological polar surface area (TPSA) is 51.3 Å². The minimum Gasteiger partial charge on any atom is -0.454 e. The van der Waals surface area contributed by atoms with Crippen molar-refractivity contribution >= 4 is 5.91 Å². The number of carbonyl (C=O) groups is 1. The summed E-state index contributed by atoms with van der Waals surface area (Å²) in [6.07, 6.45) is 6.59. The fourth-order valence-electron chi connectivity index (χ4n) is 2.90. The van der Waals surface area contributed by atoms with E-state index in [0.717, 1.165) is 24.8 Å². The third-order valence-corrected chi connectivity index (χ3v) is 4.35. The molecule has 0 aliphatic carbocycles. The monoisotopic (exact) mass is 369 g/mol. The molecule has 0 atom stereocenters. The molecule has 1 aromatic carbocycles. The van der Waals surface area contributed by atoms with Crippen molar-refractivity contribution < 1.29 is 13.6 Å². The molecule has 6 heteroatoms. The van der Waals surface area contributed by atoms with Crippen molar-refractivity contribution in [2.45, 2.75) is 39.3 Å². The van der Waals surface area contributed by atoms with Crippen LogP contribution in [-0.2, 0) is 13.1 Å². The van der Waals surface area contributed by atoms with Gasteiger partial charge in [0.25, 0.3) is 5.91 Å². The number of unbranched alkanes of at least 4 members (excludes halogenated alkanes) is 2. The van der Waals surface area contributed by atoms with E-state index in [9.17, 15) is 9.18 Å². The van der Waals surface area contributed by atoms with Crippen molar-refractivity contribution in [3.05, 3.63) is 77.8 Å². The summed E-state index contributed by atoms with van der Waals surface area (Å²) in [7, 11) is 0. The predicted octanol–water partition coefficient (Wildman–Crippen LogP) is 4.50. The number of carbonyl (C=O) groups excluding carboxylic acids is 1. The van der Waals surface area contributed by atoms with Crippen molar-refractivity contribution in [1.82, 2.24) is 14.7 Å². The van der Waals surface area contributed by atoms with Crippen LogP contribution >= 0.6 is 0 Å². The third-order valence-electron chi connectivity index (χ3n) is 4.35. The van der Waals surface area contributed by atoms with Crippen LogP contribution < -0.4 is 0 Å². The van der Waals surface area contributed by atoms with Crippen LogP contribution in [0, 0.1) is 5.82 Å². The van der Waals surface area contributed by atoms with E-state index in [-0.39, 0.29) is 11.7 Å². The number of aromatic nitrogens is 2. The lowest BCUT2D eigenvalue weighted by atomic mass is 10.2. The molecule has 3 rings (SSSR count). The number of halogens is 1. The van der Waals surface area contributed by atoms with Crippen molar-refractivity contribution in [1.29, 1.82) is 0 Å². The van der Waals surface area contributed by atoms with Crippen LogP contribution in [-0.4, -0.2) is 27.1 Å². The smallest absolute Gasteiger partial charge is 0.289 e. The maximum Gasteiger partial charge on any atom is 0.289 e. The zero-order valence-electron chi connectivity index (χ0n) is 15.5. The van der Waals surface area contributed by atoms with E-state index in [0.29, 0.717) is 31.2 Å². The molecule has 142 valence electrons. The number of rotatable bonds is 9. The Balaban J connectivity index is 1.71. The van der Waals surface area contributed by atoms with Gasteiger partial charge in [-0.15, -0.1) is 0 Å². The van der Waals surface area contributed by atoms with Crippen LogP contribution in [0.3, 0.4) is 0 Å². The zero-order chi connectivity index (χ0) is 19.1. The van der Waals surface area contributed by atoms with Crippen LogP contribution in [0.5, 0.6) is 0 Å². The number of hydrogen-bond acceptors (Lipinski definition) is 3. The normalized spacial score (nSPS) is 10.9. The summed E-state index contributed by atoms with van der Waals surface area (Å²) in [5, 5.41) is 4.14. The van der Waals surface area contributed by atoms with Crippen LogP contribution in [0.25, 0.3) is 0 Å². The Kier molecular flexibility index (Phi) is 6.41. The summed E-state index contributed by atoms with van der Waals surface area (Å²) in [4.78, 5) is 14.7. The van der Waals surface area contributed by atoms with Crippen molar-refractivity contribution in [2.75, 3.05) is 6.54 Å². The first-order valence-corrected chi connectivity index (χ1v) is 9.25. The second kappa shape index (κ2) is 9.16. The molecule has 2 aromatic heterocycles. The maximum atomic E-state index is 13.2. The van der Waals surface area contributed by atoms with Crippen LogP contribution in [0.15, 0.2) is 59.3 Å². The molecule has 0 spiro atoms. The first kappa shape index (κ1) is 18.9. The summed E-state index contributed by atoms with van der Waals surface area (Å²) >= 11 is 0. The van der Waals surface area contributed by atoms with Gasteiger partial charge < -0.3 is 9.32 Å². The second-order valence-corrected chi connectivity index (χ2v) is 6.53. The Morgan fingerprint density at radius 1 is 1.19 bits per heavy atom. The summed E-state index contributed by atoms with van der Waals surface area (Å²) in [5.41, 5.74) is 0.893. The lowest BCUT2D eigenvalue weighted by Gasteiger charge is -2.22. The molecular weight excluding hydrogens is 345 g/mol. The molecule has 0 bridgehead atoms. The van der Waals surface area contributed by atoms with Gasteiger partial charge in [-0.1, -0.05) is 31.9 Å². The fraction of sp³-hybridized carbons (Fsp3) is 0.333. The van der Waals surface area contributed by atoms with E-state index in [1.54, 1.807) is 40.0 Å². The van der Waals surface area contributed by atoms with E-state index in [1.807, 2.05) is 12.3 Å². The van der Waals surface area contributed by atoms with Crippen LogP contribution in [0.4, 0.5) is 4.39 Å². The van der Waals surface area contributed by atoms with Crippen molar-refractivity contribution in [3.8, 4) is 0 Å². The van der Waals surface area contributed by atoms with E-state index < -0.39 is 0 Å². The van der Waals surface area contributed by atoms with Gasteiger partial charge in [-0.2, -0.15) is 5.10 Å². The Morgan fingerprint density at radius 2 is 2.00 bits per heavy atom. The first-order valence-electron chi connectivity index (χ1n) is 9.25. The Hall–Kier alpha value is -2.89. The van der Waals surface area contributed by atoms with E-state index in [4.69, 9.17) is 4.42 Å². The van der Waals surface area contributed by atoms with E-state index in [1.165, 1.54) is 12.1 Å².